The van der Waals surface area contributed by atoms with E-state index < -0.39 is 0 Å². The fraction of sp³-hybridized carbons (Fsp3) is 0.421. The van der Waals surface area contributed by atoms with Crippen LogP contribution in [0.25, 0.3) is 0 Å². The molecule has 7 nitrogen and oxygen atoms in total. The van der Waals surface area contributed by atoms with Gasteiger partial charge in [-0.2, -0.15) is 0 Å². The molecule has 0 saturated carbocycles. The first-order valence-corrected chi connectivity index (χ1v) is 8.91. The van der Waals surface area contributed by atoms with Gasteiger partial charge in [0, 0.05) is 31.9 Å². The van der Waals surface area contributed by atoms with Crippen molar-refractivity contribution in [1.29, 1.82) is 0 Å². The highest BCUT2D eigenvalue weighted by molar-refractivity contribution is 5.98. The summed E-state index contributed by atoms with van der Waals surface area (Å²) in [6.07, 6.45) is 4.80. The molecule has 1 amide bonds. The second kappa shape index (κ2) is 7.19. The molecule has 1 saturated heterocycles. The second-order valence-electron chi connectivity index (χ2n) is 6.64. The van der Waals surface area contributed by atoms with E-state index in [9.17, 15) is 9.59 Å². The zero-order chi connectivity index (χ0) is 17.9. The number of piperidine rings is 1. The topological polar surface area (TPSA) is 73.7 Å². The van der Waals surface area contributed by atoms with Crippen LogP contribution in [0.2, 0.25) is 0 Å². The number of para-hydroxylation sites is 1. The fourth-order valence-electron chi connectivity index (χ4n) is 3.52. The van der Waals surface area contributed by atoms with E-state index >= 15 is 0 Å². The maximum Gasteiger partial charge on any atom is 0.257 e. The summed E-state index contributed by atoms with van der Waals surface area (Å²) in [5.74, 6) is 1.52. The normalized spacial score (nSPS) is 17.2. The van der Waals surface area contributed by atoms with Gasteiger partial charge in [-0.1, -0.05) is 6.07 Å². The summed E-state index contributed by atoms with van der Waals surface area (Å²) in [4.78, 5) is 30.6. The van der Waals surface area contributed by atoms with Crippen molar-refractivity contribution in [3.8, 4) is 11.5 Å². The zero-order valence-electron chi connectivity index (χ0n) is 14.5. The van der Waals surface area contributed by atoms with E-state index in [-0.39, 0.29) is 11.5 Å². The molecule has 0 N–H and O–H groups in total. The molecule has 0 aliphatic carbocycles. The lowest BCUT2D eigenvalue weighted by Crippen LogP contribution is -2.40. The first-order valence-electron chi connectivity index (χ1n) is 8.91. The SMILES string of the molecule is O=C(c1cccc2c1OCCO2)N1CCC(Cn2cnccc2=O)CC1. The maximum atomic E-state index is 12.9. The van der Waals surface area contributed by atoms with Gasteiger partial charge in [0.2, 0.25) is 0 Å². The molecule has 26 heavy (non-hydrogen) atoms. The lowest BCUT2D eigenvalue weighted by atomic mass is 9.96. The van der Waals surface area contributed by atoms with E-state index in [0.717, 1.165) is 12.8 Å². The molecule has 1 aromatic heterocycles. The van der Waals surface area contributed by atoms with E-state index in [0.29, 0.717) is 55.8 Å². The van der Waals surface area contributed by atoms with Crippen molar-refractivity contribution in [3.05, 3.63) is 52.7 Å². The van der Waals surface area contributed by atoms with E-state index in [1.807, 2.05) is 17.0 Å². The van der Waals surface area contributed by atoms with Crippen molar-refractivity contribution in [2.24, 2.45) is 5.92 Å². The van der Waals surface area contributed by atoms with Crippen LogP contribution in [0.4, 0.5) is 0 Å². The summed E-state index contributed by atoms with van der Waals surface area (Å²) >= 11 is 0. The molecule has 2 aromatic rings. The third kappa shape index (κ3) is 3.29. The summed E-state index contributed by atoms with van der Waals surface area (Å²) in [5, 5.41) is 0. The van der Waals surface area contributed by atoms with Gasteiger partial charge in [-0.25, -0.2) is 4.98 Å². The Balaban J connectivity index is 1.41. The van der Waals surface area contributed by atoms with Gasteiger partial charge in [0.25, 0.3) is 11.5 Å². The van der Waals surface area contributed by atoms with Gasteiger partial charge in [-0.05, 0) is 30.9 Å². The molecule has 2 aliphatic rings. The summed E-state index contributed by atoms with van der Waals surface area (Å²) in [7, 11) is 0. The first-order chi connectivity index (χ1) is 12.7. The highest BCUT2D eigenvalue weighted by atomic mass is 16.6. The predicted octanol–water partition coefficient (Wildman–Crippen LogP) is 1.57. The van der Waals surface area contributed by atoms with E-state index in [1.54, 1.807) is 17.0 Å². The van der Waals surface area contributed by atoms with Gasteiger partial charge < -0.3 is 14.4 Å². The number of amides is 1. The molecule has 7 heteroatoms. The predicted molar refractivity (Wildman–Crippen MR) is 94.6 cm³/mol. The van der Waals surface area contributed by atoms with Crippen LogP contribution in [0.15, 0.2) is 41.6 Å². The number of hydrogen-bond acceptors (Lipinski definition) is 5. The number of fused-ring (bicyclic) bond motifs is 1. The van der Waals surface area contributed by atoms with Crippen LogP contribution in [-0.4, -0.2) is 46.7 Å². The highest BCUT2D eigenvalue weighted by Gasteiger charge is 2.28. The van der Waals surface area contributed by atoms with Crippen molar-refractivity contribution >= 4 is 5.91 Å². The molecule has 0 unspecified atom stereocenters. The quantitative estimate of drug-likeness (QED) is 0.836. The van der Waals surface area contributed by atoms with Crippen LogP contribution in [0.3, 0.4) is 0 Å². The molecule has 136 valence electrons. The number of ether oxygens (including phenoxy) is 2. The van der Waals surface area contributed by atoms with Gasteiger partial charge in [-0.3, -0.25) is 14.2 Å². The third-order valence-corrected chi connectivity index (χ3v) is 4.95. The van der Waals surface area contributed by atoms with Gasteiger partial charge in [0.05, 0.1) is 11.9 Å². The van der Waals surface area contributed by atoms with Gasteiger partial charge >= 0.3 is 0 Å². The van der Waals surface area contributed by atoms with Gasteiger partial charge in [0.15, 0.2) is 11.5 Å². The molecule has 0 radical (unpaired) electrons. The molecule has 0 spiro atoms. The largest absolute Gasteiger partial charge is 0.486 e. The number of rotatable bonds is 3. The highest BCUT2D eigenvalue weighted by Crippen LogP contribution is 2.34. The van der Waals surface area contributed by atoms with Crippen molar-refractivity contribution in [1.82, 2.24) is 14.5 Å². The van der Waals surface area contributed by atoms with Crippen LogP contribution in [-0.2, 0) is 6.54 Å². The molecule has 3 heterocycles. The van der Waals surface area contributed by atoms with Gasteiger partial charge in [0.1, 0.15) is 13.2 Å². The van der Waals surface area contributed by atoms with E-state index in [4.69, 9.17) is 9.47 Å². The van der Waals surface area contributed by atoms with Crippen molar-refractivity contribution in [2.75, 3.05) is 26.3 Å². The number of carbonyl (C=O) groups excluding carboxylic acids is 1. The molecule has 4 rings (SSSR count). The average Bonchev–Trinajstić information content (AvgIpc) is 2.69. The number of likely N-dealkylation sites (tertiary alicyclic amines) is 1. The lowest BCUT2D eigenvalue weighted by Gasteiger charge is -2.33. The standard InChI is InChI=1S/C19H21N3O4/c23-17-4-7-20-13-22(17)12-14-5-8-21(9-6-14)19(24)15-2-1-3-16-18(15)26-11-10-25-16/h1-4,7,13-14H,5-6,8-12H2. The maximum absolute atomic E-state index is 12.9. The van der Waals surface area contributed by atoms with Crippen molar-refractivity contribution in [2.45, 2.75) is 19.4 Å². The molecular formula is C19H21N3O4. The zero-order valence-corrected chi connectivity index (χ0v) is 14.5. The Kier molecular flexibility index (Phi) is 4.60. The summed E-state index contributed by atoms with van der Waals surface area (Å²) < 4.78 is 12.9. The van der Waals surface area contributed by atoms with E-state index in [2.05, 4.69) is 4.98 Å². The number of carbonyl (C=O) groups is 1. The number of benzene rings is 1. The molecule has 0 bridgehead atoms. The summed E-state index contributed by atoms with van der Waals surface area (Å²) in [6, 6.07) is 6.90. The Morgan fingerprint density at radius 1 is 1.15 bits per heavy atom. The Morgan fingerprint density at radius 3 is 2.77 bits per heavy atom. The second-order valence-corrected chi connectivity index (χ2v) is 6.64. The lowest BCUT2D eigenvalue weighted by molar-refractivity contribution is 0.0672. The van der Waals surface area contributed by atoms with E-state index in [1.165, 1.54) is 12.3 Å². The van der Waals surface area contributed by atoms with Crippen LogP contribution in [0.1, 0.15) is 23.2 Å². The Labute approximate surface area is 151 Å². The fourth-order valence-corrected chi connectivity index (χ4v) is 3.52. The Bertz CT molecular complexity index is 856. The van der Waals surface area contributed by atoms with Crippen LogP contribution < -0.4 is 15.0 Å². The molecule has 1 aromatic carbocycles. The number of nitrogens with zero attached hydrogens (tertiary/aromatic N) is 3. The molecule has 1 fully saturated rings. The molecular weight excluding hydrogens is 334 g/mol. The first kappa shape index (κ1) is 16.6. The minimum atomic E-state index is -0.0356. The van der Waals surface area contributed by atoms with Crippen molar-refractivity contribution < 1.29 is 14.3 Å². The number of aromatic nitrogens is 2. The average molecular weight is 355 g/mol. The Hall–Kier alpha value is -2.83. The minimum Gasteiger partial charge on any atom is -0.486 e. The van der Waals surface area contributed by atoms with Crippen LogP contribution >= 0.6 is 0 Å². The number of hydrogen-bond donors (Lipinski definition) is 0. The minimum absolute atomic E-state index is 0.0238. The summed E-state index contributed by atoms with van der Waals surface area (Å²) in [5.41, 5.74) is 0.524. The monoisotopic (exact) mass is 355 g/mol. The molecule has 0 atom stereocenters. The smallest absolute Gasteiger partial charge is 0.257 e. The van der Waals surface area contributed by atoms with Gasteiger partial charge in [-0.15, -0.1) is 0 Å². The third-order valence-electron chi connectivity index (χ3n) is 4.95. The summed E-state index contributed by atoms with van der Waals surface area (Å²) in [6.45, 7) is 2.95. The van der Waals surface area contributed by atoms with Crippen LogP contribution in [0, 0.1) is 5.92 Å². The Morgan fingerprint density at radius 2 is 1.96 bits per heavy atom. The molecule has 2 aliphatic heterocycles. The van der Waals surface area contributed by atoms with Crippen molar-refractivity contribution in [3.63, 3.8) is 0 Å². The van der Waals surface area contributed by atoms with Crippen LogP contribution in [0.5, 0.6) is 11.5 Å².